The van der Waals surface area contributed by atoms with Gasteiger partial charge in [0.05, 0.1) is 6.54 Å². The first-order valence-electron chi connectivity index (χ1n) is 26.4. The molecule has 8 rings (SSSR count). The highest BCUT2D eigenvalue weighted by molar-refractivity contribution is 6.02. The van der Waals surface area contributed by atoms with Gasteiger partial charge in [0.25, 0.3) is 0 Å². The third kappa shape index (κ3) is 18.9. The molecule has 0 amide bonds. The van der Waals surface area contributed by atoms with E-state index in [0.29, 0.717) is 50.0 Å². The van der Waals surface area contributed by atoms with Gasteiger partial charge in [0.1, 0.15) is 24.7 Å². The summed E-state index contributed by atoms with van der Waals surface area (Å²) in [6.45, 7) is 9.78. The van der Waals surface area contributed by atoms with E-state index in [1.807, 2.05) is 132 Å². The Morgan fingerprint density at radius 3 is 1.23 bits per heavy atom. The minimum Gasteiger partial charge on any atom is -0.504 e. The molecule has 0 aliphatic carbocycles. The van der Waals surface area contributed by atoms with E-state index in [-0.39, 0.29) is 70.7 Å². The summed E-state index contributed by atoms with van der Waals surface area (Å²) in [5, 5.41) is 90.9. The Balaban J connectivity index is 0.000000203. The highest BCUT2D eigenvalue weighted by Gasteiger charge is 2.25. The maximum Gasteiger partial charge on any atom is 0.205 e. The van der Waals surface area contributed by atoms with Crippen LogP contribution in [0.2, 0.25) is 0 Å². The molecule has 83 heavy (non-hydrogen) atoms. The van der Waals surface area contributed by atoms with Crippen LogP contribution in [0, 0.1) is 0 Å². The van der Waals surface area contributed by atoms with Crippen molar-refractivity contribution in [2.45, 2.75) is 78.5 Å². The molecule has 28 heteroatoms. The summed E-state index contributed by atoms with van der Waals surface area (Å²) < 4.78 is 0. The summed E-state index contributed by atoms with van der Waals surface area (Å²) in [4.78, 5) is 48.7. The maximum atomic E-state index is 9.60. The lowest BCUT2D eigenvalue weighted by Gasteiger charge is -2.35. The van der Waals surface area contributed by atoms with Crippen LogP contribution in [0.25, 0.3) is 0 Å². The molecule has 0 aromatic heterocycles. The quantitative estimate of drug-likeness (QED) is 0.113. The number of phenols is 8. The molecule has 4 heterocycles. The number of nitrogens with one attached hydrogen (secondary N) is 5. The topological polar surface area (TPSA) is 344 Å². The molecule has 0 radical (unpaired) electrons. The fourth-order valence-corrected chi connectivity index (χ4v) is 8.05. The average Bonchev–Trinajstić information content (AvgIpc) is 3.64. The fourth-order valence-electron chi connectivity index (χ4n) is 8.05. The van der Waals surface area contributed by atoms with Gasteiger partial charge in [0.2, 0.25) is 35.8 Å². The number of rotatable bonds is 8. The first-order chi connectivity index (χ1) is 39.1. The number of benzene rings is 4. The minimum atomic E-state index is -0.144. The molecule has 4 atom stereocenters. The van der Waals surface area contributed by atoms with E-state index in [1.165, 1.54) is 36.4 Å². The van der Waals surface area contributed by atoms with Gasteiger partial charge in [0.15, 0.2) is 57.9 Å². The molecule has 0 saturated carbocycles. The lowest BCUT2D eigenvalue weighted by Crippen LogP contribution is -2.54. The Labute approximate surface area is 484 Å². The Morgan fingerprint density at radius 2 is 0.783 bits per heavy atom. The molecule has 0 fully saturated rings. The Hall–Kier alpha value is -9.76. The smallest absolute Gasteiger partial charge is 0.205 e. The van der Waals surface area contributed by atoms with Crippen molar-refractivity contribution in [2.24, 2.45) is 39.9 Å². The van der Waals surface area contributed by atoms with Gasteiger partial charge < -0.3 is 80.9 Å². The van der Waals surface area contributed by atoms with E-state index in [0.717, 1.165) is 46.1 Å². The van der Waals surface area contributed by atoms with E-state index in [9.17, 15) is 40.9 Å². The van der Waals surface area contributed by atoms with Crippen molar-refractivity contribution in [2.75, 3.05) is 77.5 Å². The second kappa shape index (κ2) is 29.1. The first kappa shape index (κ1) is 64.1. The lowest BCUT2D eigenvalue weighted by molar-refractivity contribution is 0.394. The van der Waals surface area contributed by atoms with E-state index in [1.54, 1.807) is 43.4 Å². The number of phenolic OH excluding ortho intramolecular Hbond substituents is 8. The van der Waals surface area contributed by atoms with Gasteiger partial charge in [-0.2, -0.15) is 0 Å². The Kier molecular flexibility index (Phi) is 22.5. The largest absolute Gasteiger partial charge is 0.504 e. The van der Waals surface area contributed by atoms with Crippen LogP contribution in [0.15, 0.2) is 113 Å². The summed E-state index contributed by atoms with van der Waals surface area (Å²) in [6, 6.07) is 19.0. The van der Waals surface area contributed by atoms with Crippen molar-refractivity contribution < 1.29 is 40.9 Å². The van der Waals surface area contributed by atoms with E-state index in [4.69, 9.17) is 0 Å². The Bertz CT molecular complexity index is 3120. The van der Waals surface area contributed by atoms with Crippen molar-refractivity contribution >= 4 is 47.7 Å². The average molecular weight is 1150 g/mol. The number of hydrogen-bond donors (Lipinski definition) is 13. The first-order valence-corrected chi connectivity index (χ1v) is 26.4. The van der Waals surface area contributed by atoms with Crippen molar-refractivity contribution in [3.05, 3.63) is 95.1 Å². The van der Waals surface area contributed by atoms with Gasteiger partial charge in [-0.05, 0) is 98.5 Å². The van der Waals surface area contributed by atoms with Gasteiger partial charge in [-0.25, -0.2) is 34.9 Å². The van der Waals surface area contributed by atoms with Crippen LogP contribution in [0.5, 0.6) is 46.0 Å². The molecule has 4 aromatic carbocycles. The highest BCUT2D eigenvalue weighted by Crippen LogP contribution is 2.28. The number of aliphatic imine (C=N–C) groups is 8. The zero-order chi connectivity index (χ0) is 61.4. The van der Waals surface area contributed by atoms with Crippen molar-refractivity contribution in [1.29, 1.82) is 0 Å². The van der Waals surface area contributed by atoms with Crippen molar-refractivity contribution in [3.8, 4) is 46.0 Å². The molecule has 450 valence electrons. The van der Waals surface area contributed by atoms with E-state index in [2.05, 4.69) is 66.5 Å². The number of aromatic hydroxyl groups is 8. The van der Waals surface area contributed by atoms with Gasteiger partial charge in [-0.15, -0.1) is 0 Å². The number of guanidine groups is 8. The van der Waals surface area contributed by atoms with Crippen LogP contribution >= 0.6 is 0 Å². The van der Waals surface area contributed by atoms with Crippen molar-refractivity contribution in [1.82, 2.24) is 60.9 Å². The highest BCUT2D eigenvalue weighted by atomic mass is 16.3. The second-order valence-electron chi connectivity index (χ2n) is 20.3. The van der Waals surface area contributed by atoms with Crippen LogP contribution in [0.1, 0.15) is 49.9 Å². The molecule has 4 aliphatic heterocycles. The minimum absolute atomic E-state index is 0.0550. The van der Waals surface area contributed by atoms with Crippen LogP contribution < -0.4 is 26.6 Å². The predicted molar refractivity (Wildman–Crippen MR) is 325 cm³/mol. The second-order valence-corrected chi connectivity index (χ2v) is 20.3. The summed E-state index contributed by atoms with van der Waals surface area (Å²) in [5.41, 5.74) is 3.43. The monoisotopic (exact) mass is 1150 g/mol. The number of nitrogens with zero attached hydrogens (tertiary/aromatic N) is 15. The van der Waals surface area contributed by atoms with Gasteiger partial charge in [-0.3, -0.25) is 25.8 Å². The summed E-state index contributed by atoms with van der Waals surface area (Å²) in [7, 11) is 20.9. The summed E-state index contributed by atoms with van der Waals surface area (Å²) >= 11 is 0. The van der Waals surface area contributed by atoms with Gasteiger partial charge in [-0.1, -0.05) is 24.3 Å². The summed E-state index contributed by atoms with van der Waals surface area (Å²) in [5.74, 6) is 4.86. The third-order valence-electron chi connectivity index (χ3n) is 12.2. The zero-order valence-electron chi connectivity index (χ0n) is 49.9. The SMILES string of the molecule is CC1N=C(N(C)C)N(C)C(N(C)Cc2ccc(O)c(O)c2)=N1.CC1N=C(N(C)C)NC(=NCc2ccc(O)c(O)c2)N1.CC1N=C(N(C)C)NC(N(C)Cc2ccc(O)c(O)c2)=N1.CN=C1NC(N(C)Cc2ccc(O)c(O)c2)=NC(C)N1. The van der Waals surface area contributed by atoms with Crippen LogP contribution in [0.4, 0.5) is 0 Å². The molecule has 13 N–H and O–H groups in total. The maximum absolute atomic E-state index is 9.60. The normalized spacial score (nSPS) is 18.9. The molecule has 4 aromatic rings. The van der Waals surface area contributed by atoms with Gasteiger partial charge >= 0.3 is 0 Å². The number of hydrogen-bond acceptors (Lipinski definition) is 24. The molecular weight excluding hydrogens is 1070 g/mol. The van der Waals surface area contributed by atoms with Gasteiger partial charge in [0, 0.05) is 97.2 Å². The fraction of sp³-hybridized carbons (Fsp3) is 0.418. The van der Waals surface area contributed by atoms with E-state index < -0.39 is 0 Å². The lowest BCUT2D eigenvalue weighted by atomic mass is 10.2. The van der Waals surface area contributed by atoms with Crippen LogP contribution in [0.3, 0.4) is 0 Å². The molecule has 0 saturated heterocycles. The molecule has 4 unspecified atom stereocenters. The predicted octanol–water partition coefficient (Wildman–Crippen LogP) is 2.67. The van der Waals surface area contributed by atoms with Crippen molar-refractivity contribution in [3.63, 3.8) is 0 Å². The molecular formula is C55H82N20O8. The Morgan fingerprint density at radius 1 is 0.422 bits per heavy atom. The molecule has 28 nitrogen and oxygen atoms in total. The molecule has 4 aliphatic rings. The molecule has 0 spiro atoms. The van der Waals surface area contributed by atoms with Crippen LogP contribution in [-0.2, 0) is 26.2 Å². The molecule has 0 bridgehead atoms. The third-order valence-corrected chi connectivity index (χ3v) is 12.2. The van der Waals surface area contributed by atoms with E-state index >= 15 is 0 Å². The summed E-state index contributed by atoms with van der Waals surface area (Å²) in [6.07, 6.45) is -0.394. The zero-order valence-corrected chi connectivity index (χ0v) is 49.9. The standard InChI is InChI=1S/C15H23N5O2.C14H21N5O2.2C13H19N5O2/c1-10-16-14(18(2)3)20(5)15(17-10)19(4)9-11-6-7-12(21)13(22)8-11;1-9-15-13(18(2)3)17-14(16-9)19(4)8-10-5-6-11(20)12(21)7-10;1-8-15-12(17-13(16-8)18(2)3)14-7-9-4-5-10(19)11(20)6-9;1-8-15-12(14-2)17-13(16-8)18(3)7-9-4-5-10(19)11(20)6-9/h6-8,10,21-22H,9H2,1-5H3;5-7,9,20-21H,8H2,1-4H3,(H,15,16,17);2*4-6,8,19-20H,7H2,1-3H3,(H2,14,15,16,17). The van der Waals surface area contributed by atoms with Crippen LogP contribution in [-0.4, -0.2) is 225 Å².